The molecule has 1 saturated heterocycles. The molecule has 1 aliphatic rings. The summed E-state index contributed by atoms with van der Waals surface area (Å²) in [5.41, 5.74) is 2.75. The van der Waals surface area contributed by atoms with E-state index >= 15 is 0 Å². The number of aryl methyl sites for hydroxylation is 2. The third kappa shape index (κ3) is 3.64. The van der Waals surface area contributed by atoms with E-state index in [0.29, 0.717) is 18.5 Å². The fourth-order valence-electron chi connectivity index (χ4n) is 2.92. The molecule has 0 spiro atoms. The van der Waals surface area contributed by atoms with Crippen molar-refractivity contribution in [3.63, 3.8) is 0 Å². The van der Waals surface area contributed by atoms with Gasteiger partial charge < -0.3 is 4.90 Å². The Morgan fingerprint density at radius 1 is 1.33 bits per heavy atom. The Hall–Kier alpha value is -1.36. The zero-order chi connectivity index (χ0) is 15.6. The molecular formula is C16H23NO3S. The molecule has 1 unspecified atom stereocenters. The minimum atomic E-state index is -2.99. The Labute approximate surface area is 127 Å². The smallest absolute Gasteiger partial charge is 0.254 e. The van der Waals surface area contributed by atoms with Crippen LogP contribution in [-0.4, -0.2) is 43.3 Å². The van der Waals surface area contributed by atoms with Crippen LogP contribution in [0.3, 0.4) is 0 Å². The summed E-state index contributed by atoms with van der Waals surface area (Å²) in [5.74, 6) is 0.248. The number of rotatable bonds is 4. The second kappa shape index (κ2) is 6.18. The van der Waals surface area contributed by atoms with Crippen molar-refractivity contribution in [2.24, 2.45) is 0 Å². The van der Waals surface area contributed by atoms with E-state index in [-0.39, 0.29) is 23.5 Å². The molecule has 1 heterocycles. The van der Waals surface area contributed by atoms with Crippen LogP contribution in [0.1, 0.15) is 41.3 Å². The molecule has 1 atom stereocenters. The van der Waals surface area contributed by atoms with Crippen molar-refractivity contribution in [1.82, 2.24) is 4.90 Å². The Kier molecular flexibility index (Phi) is 4.71. The predicted molar refractivity (Wildman–Crippen MR) is 84.3 cm³/mol. The minimum Gasteiger partial charge on any atom is -0.335 e. The quantitative estimate of drug-likeness (QED) is 0.858. The number of hydrogen-bond acceptors (Lipinski definition) is 3. The second-order valence-corrected chi connectivity index (χ2v) is 8.10. The van der Waals surface area contributed by atoms with Crippen molar-refractivity contribution < 1.29 is 13.2 Å². The molecule has 0 N–H and O–H groups in total. The van der Waals surface area contributed by atoms with E-state index < -0.39 is 9.84 Å². The van der Waals surface area contributed by atoms with Crippen molar-refractivity contribution in [3.8, 4) is 0 Å². The van der Waals surface area contributed by atoms with Crippen LogP contribution in [0.2, 0.25) is 0 Å². The van der Waals surface area contributed by atoms with Gasteiger partial charge in [0.15, 0.2) is 9.84 Å². The summed E-state index contributed by atoms with van der Waals surface area (Å²) in [5, 5.41) is 0. The van der Waals surface area contributed by atoms with Crippen LogP contribution in [-0.2, 0) is 9.84 Å². The highest BCUT2D eigenvalue weighted by atomic mass is 32.2. The van der Waals surface area contributed by atoms with Gasteiger partial charge in [0.05, 0.1) is 11.5 Å². The molecule has 4 nitrogen and oxygen atoms in total. The molecule has 1 aromatic carbocycles. The van der Waals surface area contributed by atoms with E-state index in [1.165, 1.54) is 0 Å². The molecule has 21 heavy (non-hydrogen) atoms. The second-order valence-electron chi connectivity index (χ2n) is 5.87. The maximum atomic E-state index is 12.8. The molecule has 5 heteroatoms. The summed E-state index contributed by atoms with van der Waals surface area (Å²) in [4.78, 5) is 14.5. The van der Waals surface area contributed by atoms with Crippen molar-refractivity contribution >= 4 is 15.7 Å². The van der Waals surface area contributed by atoms with Gasteiger partial charge in [-0.2, -0.15) is 0 Å². The molecule has 0 bridgehead atoms. The molecule has 0 aromatic heterocycles. The monoisotopic (exact) mass is 309 g/mol. The average Bonchev–Trinajstić information content (AvgIpc) is 2.75. The van der Waals surface area contributed by atoms with Crippen molar-refractivity contribution in [2.75, 3.05) is 18.1 Å². The molecule has 0 aliphatic carbocycles. The highest BCUT2D eigenvalue weighted by Gasteiger charge is 2.34. The summed E-state index contributed by atoms with van der Waals surface area (Å²) in [6.45, 7) is 6.53. The Balaban J connectivity index is 2.27. The zero-order valence-electron chi connectivity index (χ0n) is 12.9. The summed E-state index contributed by atoms with van der Waals surface area (Å²) >= 11 is 0. The van der Waals surface area contributed by atoms with Gasteiger partial charge in [-0.05, 0) is 38.3 Å². The molecule has 1 fully saturated rings. The third-order valence-electron chi connectivity index (χ3n) is 3.99. The zero-order valence-corrected chi connectivity index (χ0v) is 13.7. The SMILES string of the molecule is CCCN(C(=O)c1ccc(C)cc1C)C1CCS(=O)(=O)C1. The number of nitrogens with zero attached hydrogens (tertiary/aromatic N) is 1. The van der Waals surface area contributed by atoms with Crippen LogP contribution in [0.5, 0.6) is 0 Å². The van der Waals surface area contributed by atoms with Crippen LogP contribution < -0.4 is 0 Å². The molecule has 1 aromatic rings. The Morgan fingerprint density at radius 2 is 2.05 bits per heavy atom. The number of sulfone groups is 1. The largest absolute Gasteiger partial charge is 0.335 e. The first kappa shape index (κ1) is 16.0. The number of carbonyl (C=O) groups excluding carboxylic acids is 1. The van der Waals surface area contributed by atoms with Crippen LogP contribution >= 0.6 is 0 Å². The number of benzene rings is 1. The van der Waals surface area contributed by atoms with Gasteiger partial charge in [0.1, 0.15) is 0 Å². The van der Waals surface area contributed by atoms with Crippen LogP contribution in [0.25, 0.3) is 0 Å². The first-order valence-corrected chi connectivity index (χ1v) is 9.25. The molecule has 2 rings (SSSR count). The summed E-state index contributed by atoms with van der Waals surface area (Å²) < 4.78 is 23.4. The Morgan fingerprint density at radius 3 is 2.57 bits per heavy atom. The standard InChI is InChI=1S/C16H23NO3S/c1-4-8-17(14-7-9-21(19,20)11-14)16(18)15-6-5-12(2)10-13(15)3/h5-6,10,14H,4,7-9,11H2,1-3H3. The van der Waals surface area contributed by atoms with Gasteiger partial charge in [-0.25, -0.2) is 8.42 Å². The molecule has 1 amide bonds. The van der Waals surface area contributed by atoms with E-state index in [1.54, 1.807) is 4.90 Å². The molecular weight excluding hydrogens is 286 g/mol. The van der Waals surface area contributed by atoms with Crippen LogP contribution in [0.15, 0.2) is 18.2 Å². The number of hydrogen-bond donors (Lipinski definition) is 0. The van der Waals surface area contributed by atoms with E-state index in [4.69, 9.17) is 0 Å². The van der Waals surface area contributed by atoms with Crippen molar-refractivity contribution in [1.29, 1.82) is 0 Å². The molecule has 0 saturated carbocycles. The van der Waals surface area contributed by atoms with E-state index in [1.807, 2.05) is 39.0 Å². The first-order valence-electron chi connectivity index (χ1n) is 7.42. The fraction of sp³-hybridized carbons (Fsp3) is 0.562. The lowest BCUT2D eigenvalue weighted by Gasteiger charge is -2.28. The van der Waals surface area contributed by atoms with Gasteiger partial charge in [0, 0.05) is 18.2 Å². The van der Waals surface area contributed by atoms with Gasteiger partial charge in [-0.15, -0.1) is 0 Å². The van der Waals surface area contributed by atoms with Gasteiger partial charge >= 0.3 is 0 Å². The number of carbonyl (C=O) groups is 1. The summed E-state index contributed by atoms with van der Waals surface area (Å²) in [6.07, 6.45) is 1.38. The maximum Gasteiger partial charge on any atom is 0.254 e. The predicted octanol–water partition coefficient (Wildman–Crippen LogP) is 2.34. The maximum absolute atomic E-state index is 12.8. The highest BCUT2D eigenvalue weighted by Crippen LogP contribution is 2.22. The van der Waals surface area contributed by atoms with E-state index in [9.17, 15) is 13.2 Å². The van der Waals surface area contributed by atoms with Crippen LogP contribution in [0.4, 0.5) is 0 Å². The van der Waals surface area contributed by atoms with Gasteiger partial charge in [-0.1, -0.05) is 24.6 Å². The lowest BCUT2D eigenvalue weighted by atomic mass is 10.0. The topological polar surface area (TPSA) is 54.5 Å². The Bertz CT molecular complexity index is 637. The van der Waals surface area contributed by atoms with E-state index in [0.717, 1.165) is 17.5 Å². The van der Waals surface area contributed by atoms with Crippen molar-refractivity contribution in [2.45, 2.75) is 39.7 Å². The lowest BCUT2D eigenvalue weighted by molar-refractivity contribution is 0.0696. The minimum absolute atomic E-state index is 0.0450. The fourth-order valence-corrected chi connectivity index (χ4v) is 4.65. The first-order chi connectivity index (χ1) is 9.84. The highest BCUT2D eigenvalue weighted by molar-refractivity contribution is 7.91. The normalized spacial score (nSPS) is 20.4. The molecule has 0 radical (unpaired) electrons. The summed E-state index contributed by atoms with van der Waals surface area (Å²) in [7, 11) is -2.99. The third-order valence-corrected chi connectivity index (χ3v) is 5.74. The number of amides is 1. The van der Waals surface area contributed by atoms with E-state index in [2.05, 4.69) is 0 Å². The van der Waals surface area contributed by atoms with Gasteiger partial charge in [0.25, 0.3) is 5.91 Å². The van der Waals surface area contributed by atoms with Gasteiger partial charge in [-0.3, -0.25) is 4.79 Å². The van der Waals surface area contributed by atoms with Crippen LogP contribution in [0, 0.1) is 13.8 Å². The molecule has 116 valence electrons. The lowest BCUT2D eigenvalue weighted by Crippen LogP contribution is -2.41. The van der Waals surface area contributed by atoms with Crippen molar-refractivity contribution in [3.05, 3.63) is 34.9 Å². The average molecular weight is 309 g/mol. The molecule has 1 aliphatic heterocycles. The summed E-state index contributed by atoms with van der Waals surface area (Å²) in [6, 6.07) is 5.58. The van der Waals surface area contributed by atoms with Gasteiger partial charge in [0.2, 0.25) is 0 Å².